The molecule has 1 unspecified atom stereocenters. The summed E-state index contributed by atoms with van der Waals surface area (Å²) in [6.07, 6.45) is 0. The third kappa shape index (κ3) is 3.29. The minimum absolute atomic E-state index is 0.0233. The maximum atomic E-state index is 9.12. The van der Waals surface area contributed by atoms with E-state index in [-0.39, 0.29) is 12.6 Å². The number of hydrogen-bond donors (Lipinski definition) is 3. The number of benzene rings is 1. The van der Waals surface area contributed by atoms with Crippen molar-refractivity contribution in [2.75, 3.05) is 38.5 Å². The summed E-state index contributed by atoms with van der Waals surface area (Å²) in [5.41, 5.74) is 7.14. The van der Waals surface area contributed by atoms with Gasteiger partial charge >= 0.3 is 0 Å². The molecule has 0 spiro atoms. The standard InChI is InChI=1S/C11H18N2O3/c1-15-7-8(6-14)13-11-5-9(16-2)3-4-10(11)12/h3-5,8,13-14H,6-7,12H2,1-2H3. The van der Waals surface area contributed by atoms with Crippen LogP contribution in [0.3, 0.4) is 0 Å². The maximum absolute atomic E-state index is 9.12. The number of anilines is 2. The van der Waals surface area contributed by atoms with Crippen molar-refractivity contribution >= 4 is 11.4 Å². The Labute approximate surface area is 95.2 Å². The zero-order valence-electron chi connectivity index (χ0n) is 9.56. The first kappa shape index (κ1) is 12.6. The molecule has 1 atom stereocenters. The summed E-state index contributed by atoms with van der Waals surface area (Å²) in [5.74, 6) is 0.714. The molecule has 0 heterocycles. The molecular weight excluding hydrogens is 208 g/mol. The highest BCUT2D eigenvalue weighted by Gasteiger charge is 2.09. The molecule has 0 aliphatic rings. The highest BCUT2D eigenvalue weighted by atomic mass is 16.5. The van der Waals surface area contributed by atoms with Crippen LogP contribution in [0.1, 0.15) is 0 Å². The first-order valence-electron chi connectivity index (χ1n) is 5.01. The van der Waals surface area contributed by atoms with Crippen molar-refractivity contribution in [2.45, 2.75) is 6.04 Å². The molecule has 0 aliphatic carbocycles. The summed E-state index contributed by atoms with van der Waals surface area (Å²) < 4.78 is 10.1. The Morgan fingerprint density at radius 3 is 2.75 bits per heavy atom. The Hall–Kier alpha value is -1.46. The maximum Gasteiger partial charge on any atom is 0.121 e. The van der Waals surface area contributed by atoms with Crippen molar-refractivity contribution in [1.82, 2.24) is 0 Å². The molecule has 0 fully saturated rings. The zero-order chi connectivity index (χ0) is 12.0. The number of methoxy groups -OCH3 is 2. The third-order valence-electron chi connectivity index (χ3n) is 2.21. The highest BCUT2D eigenvalue weighted by molar-refractivity contribution is 5.68. The van der Waals surface area contributed by atoms with Gasteiger partial charge in [-0.15, -0.1) is 0 Å². The van der Waals surface area contributed by atoms with Gasteiger partial charge < -0.3 is 25.6 Å². The summed E-state index contributed by atoms with van der Waals surface area (Å²) >= 11 is 0. The van der Waals surface area contributed by atoms with Crippen LogP contribution < -0.4 is 15.8 Å². The first-order chi connectivity index (χ1) is 7.71. The van der Waals surface area contributed by atoms with E-state index >= 15 is 0 Å². The molecule has 5 nitrogen and oxygen atoms in total. The van der Waals surface area contributed by atoms with Gasteiger partial charge in [0.2, 0.25) is 0 Å². The van der Waals surface area contributed by atoms with Crippen LogP contribution in [-0.2, 0) is 4.74 Å². The fourth-order valence-corrected chi connectivity index (χ4v) is 1.35. The van der Waals surface area contributed by atoms with Crippen molar-refractivity contribution in [2.24, 2.45) is 0 Å². The Kier molecular flexibility index (Phi) is 4.88. The summed E-state index contributed by atoms with van der Waals surface area (Å²) in [6, 6.07) is 5.14. The predicted molar refractivity (Wildman–Crippen MR) is 63.8 cm³/mol. The molecule has 0 aliphatic heterocycles. The van der Waals surface area contributed by atoms with Gasteiger partial charge in [-0.2, -0.15) is 0 Å². The van der Waals surface area contributed by atoms with Crippen LogP contribution in [0.5, 0.6) is 5.75 Å². The van der Waals surface area contributed by atoms with Crippen LogP contribution >= 0.6 is 0 Å². The Morgan fingerprint density at radius 1 is 1.44 bits per heavy atom. The van der Waals surface area contributed by atoms with Gasteiger partial charge in [0.15, 0.2) is 0 Å². The number of aliphatic hydroxyl groups excluding tert-OH is 1. The van der Waals surface area contributed by atoms with Crippen molar-refractivity contribution < 1.29 is 14.6 Å². The molecule has 5 heteroatoms. The van der Waals surface area contributed by atoms with E-state index in [1.807, 2.05) is 0 Å². The van der Waals surface area contributed by atoms with Crippen molar-refractivity contribution in [1.29, 1.82) is 0 Å². The fraction of sp³-hybridized carbons (Fsp3) is 0.455. The molecule has 1 aromatic carbocycles. The minimum Gasteiger partial charge on any atom is -0.497 e. The molecule has 4 N–H and O–H groups in total. The molecule has 0 bridgehead atoms. The number of rotatable bonds is 6. The number of aliphatic hydroxyl groups is 1. The van der Waals surface area contributed by atoms with E-state index in [0.29, 0.717) is 18.0 Å². The van der Waals surface area contributed by atoms with Crippen LogP contribution in [0, 0.1) is 0 Å². The number of nitrogen functional groups attached to an aromatic ring is 1. The van der Waals surface area contributed by atoms with Crippen LogP contribution in [-0.4, -0.2) is 38.6 Å². The summed E-state index contributed by atoms with van der Waals surface area (Å²) in [4.78, 5) is 0. The predicted octanol–water partition coefficient (Wildman–Crippen LogP) is 0.697. The SMILES string of the molecule is COCC(CO)Nc1cc(OC)ccc1N. The van der Waals surface area contributed by atoms with Crippen LogP contribution in [0.25, 0.3) is 0 Å². The Balaban J connectivity index is 2.77. The normalized spacial score (nSPS) is 12.2. The van der Waals surface area contributed by atoms with Gasteiger partial charge in [0.05, 0.1) is 37.7 Å². The minimum atomic E-state index is -0.181. The molecule has 16 heavy (non-hydrogen) atoms. The second-order valence-corrected chi connectivity index (χ2v) is 3.43. The van der Waals surface area contributed by atoms with Gasteiger partial charge in [-0.25, -0.2) is 0 Å². The molecule has 0 saturated carbocycles. The molecule has 0 saturated heterocycles. The van der Waals surface area contributed by atoms with Crippen molar-refractivity contribution in [3.8, 4) is 5.75 Å². The zero-order valence-corrected chi connectivity index (χ0v) is 9.56. The van der Waals surface area contributed by atoms with Crippen LogP contribution in [0.4, 0.5) is 11.4 Å². The van der Waals surface area contributed by atoms with E-state index in [4.69, 9.17) is 20.3 Å². The van der Waals surface area contributed by atoms with Gasteiger partial charge in [-0.05, 0) is 12.1 Å². The lowest BCUT2D eigenvalue weighted by atomic mass is 10.2. The Bertz CT molecular complexity index is 331. The molecular formula is C11H18N2O3. The molecule has 1 aromatic rings. The van der Waals surface area contributed by atoms with E-state index in [9.17, 15) is 0 Å². The highest BCUT2D eigenvalue weighted by Crippen LogP contribution is 2.24. The first-order valence-corrected chi connectivity index (χ1v) is 5.01. The fourth-order valence-electron chi connectivity index (χ4n) is 1.35. The average molecular weight is 226 g/mol. The quantitative estimate of drug-likeness (QED) is 0.622. The number of hydrogen-bond acceptors (Lipinski definition) is 5. The second-order valence-electron chi connectivity index (χ2n) is 3.43. The van der Waals surface area contributed by atoms with Gasteiger partial charge in [0.1, 0.15) is 5.75 Å². The van der Waals surface area contributed by atoms with Gasteiger partial charge in [0, 0.05) is 13.2 Å². The van der Waals surface area contributed by atoms with Gasteiger partial charge in [0.25, 0.3) is 0 Å². The smallest absolute Gasteiger partial charge is 0.121 e. The molecule has 1 rings (SSSR count). The number of nitrogens with one attached hydrogen (secondary N) is 1. The molecule has 0 amide bonds. The van der Waals surface area contributed by atoms with Gasteiger partial charge in [-0.3, -0.25) is 0 Å². The van der Waals surface area contributed by atoms with E-state index < -0.39 is 0 Å². The monoisotopic (exact) mass is 226 g/mol. The topological polar surface area (TPSA) is 76.7 Å². The van der Waals surface area contributed by atoms with Gasteiger partial charge in [-0.1, -0.05) is 0 Å². The third-order valence-corrected chi connectivity index (χ3v) is 2.21. The average Bonchev–Trinajstić information content (AvgIpc) is 2.31. The second kappa shape index (κ2) is 6.19. The van der Waals surface area contributed by atoms with E-state index in [0.717, 1.165) is 5.69 Å². The van der Waals surface area contributed by atoms with E-state index in [1.54, 1.807) is 32.4 Å². The number of nitrogens with two attached hydrogens (primary N) is 1. The van der Waals surface area contributed by atoms with Crippen molar-refractivity contribution in [3.05, 3.63) is 18.2 Å². The van der Waals surface area contributed by atoms with Crippen LogP contribution in [0.15, 0.2) is 18.2 Å². The lowest BCUT2D eigenvalue weighted by Gasteiger charge is -2.18. The summed E-state index contributed by atoms with van der Waals surface area (Å²) in [6.45, 7) is 0.387. The lowest BCUT2D eigenvalue weighted by Crippen LogP contribution is -2.29. The van der Waals surface area contributed by atoms with E-state index in [1.165, 1.54) is 0 Å². The Morgan fingerprint density at radius 2 is 2.19 bits per heavy atom. The van der Waals surface area contributed by atoms with E-state index in [2.05, 4.69) is 5.32 Å². The lowest BCUT2D eigenvalue weighted by molar-refractivity contribution is 0.153. The summed E-state index contributed by atoms with van der Waals surface area (Å²) in [7, 11) is 3.17. The summed E-state index contributed by atoms with van der Waals surface area (Å²) in [5, 5.41) is 12.2. The molecule has 90 valence electrons. The molecule has 0 aromatic heterocycles. The largest absolute Gasteiger partial charge is 0.497 e. The van der Waals surface area contributed by atoms with Crippen molar-refractivity contribution in [3.63, 3.8) is 0 Å². The number of ether oxygens (including phenoxy) is 2. The molecule has 0 radical (unpaired) electrons. The van der Waals surface area contributed by atoms with Crippen LogP contribution in [0.2, 0.25) is 0 Å².